The molecule has 2 rings (SSSR count). The van der Waals surface area contributed by atoms with Crippen molar-refractivity contribution in [1.29, 1.82) is 0 Å². The van der Waals surface area contributed by atoms with Gasteiger partial charge in [0.2, 0.25) is 0 Å². The number of rotatable bonds is 4. The van der Waals surface area contributed by atoms with E-state index >= 15 is 0 Å². The smallest absolute Gasteiger partial charge is 0.328 e. The van der Waals surface area contributed by atoms with E-state index in [1.165, 1.54) is 43.2 Å². The molecule has 1 aliphatic carbocycles. The van der Waals surface area contributed by atoms with E-state index in [1.54, 1.807) is 0 Å². The number of carbonyl (C=O) groups excluding carboxylic acids is 1. The molecular formula is C15H23N3O. The van der Waals surface area contributed by atoms with Crippen LogP contribution in [0.25, 0.3) is 0 Å². The van der Waals surface area contributed by atoms with Crippen LogP contribution < -0.4 is 16.6 Å². The van der Waals surface area contributed by atoms with Gasteiger partial charge in [-0.3, -0.25) is 5.43 Å². The predicted octanol–water partition coefficient (Wildman–Crippen LogP) is 2.45. The highest BCUT2D eigenvalue weighted by atomic mass is 16.2. The van der Waals surface area contributed by atoms with Crippen LogP contribution in [-0.2, 0) is 6.42 Å². The van der Waals surface area contributed by atoms with Gasteiger partial charge in [0.1, 0.15) is 0 Å². The monoisotopic (exact) mass is 261 g/mol. The van der Waals surface area contributed by atoms with Crippen LogP contribution in [0, 0.1) is 0 Å². The Balaban J connectivity index is 1.82. The summed E-state index contributed by atoms with van der Waals surface area (Å²) in [4.78, 5) is 10.9. The van der Waals surface area contributed by atoms with Gasteiger partial charge in [0.15, 0.2) is 0 Å². The summed E-state index contributed by atoms with van der Waals surface area (Å²) >= 11 is 0. The second-order valence-corrected chi connectivity index (χ2v) is 5.23. The standard InChI is InChI=1S/C15H23N3O/c16-18-15(19)17-11-10-12-6-8-14(9-7-12)13-4-2-1-3-5-13/h6-9,13H,1-5,10-11,16H2,(H2,17,18,19). The fourth-order valence-corrected chi connectivity index (χ4v) is 2.76. The van der Waals surface area contributed by atoms with Gasteiger partial charge in [0.25, 0.3) is 0 Å². The van der Waals surface area contributed by atoms with Gasteiger partial charge in [0.05, 0.1) is 0 Å². The van der Waals surface area contributed by atoms with Crippen molar-refractivity contribution < 1.29 is 4.79 Å². The first-order chi connectivity index (χ1) is 9.29. The van der Waals surface area contributed by atoms with E-state index in [-0.39, 0.29) is 6.03 Å². The number of nitrogens with two attached hydrogens (primary N) is 1. The lowest BCUT2D eigenvalue weighted by Crippen LogP contribution is -2.40. The van der Waals surface area contributed by atoms with E-state index < -0.39 is 0 Å². The Morgan fingerprint density at radius 1 is 1.16 bits per heavy atom. The Kier molecular flexibility index (Phi) is 5.21. The molecule has 1 aliphatic rings. The van der Waals surface area contributed by atoms with Gasteiger partial charge >= 0.3 is 6.03 Å². The van der Waals surface area contributed by atoms with Crippen molar-refractivity contribution in [3.8, 4) is 0 Å². The average Bonchev–Trinajstić information content (AvgIpc) is 2.48. The van der Waals surface area contributed by atoms with Crippen molar-refractivity contribution in [2.45, 2.75) is 44.4 Å². The summed E-state index contributed by atoms with van der Waals surface area (Å²) in [6, 6.07) is 8.50. The molecule has 0 spiro atoms. The molecule has 0 radical (unpaired) electrons. The highest BCUT2D eigenvalue weighted by molar-refractivity contribution is 5.72. The number of amides is 2. The lowest BCUT2D eigenvalue weighted by Gasteiger charge is -2.22. The minimum atomic E-state index is -0.334. The summed E-state index contributed by atoms with van der Waals surface area (Å²) in [7, 11) is 0. The third kappa shape index (κ3) is 4.24. The summed E-state index contributed by atoms with van der Waals surface area (Å²) in [6.45, 7) is 0.603. The summed E-state index contributed by atoms with van der Waals surface area (Å²) in [5.41, 5.74) is 4.77. The third-order valence-corrected chi connectivity index (χ3v) is 3.89. The Morgan fingerprint density at radius 3 is 2.47 bits per heavy atom. The van der Waals surface area contributed by atoms with E-state index in [0.29, 0.717) is 6.54 Å². The summed E-state index contributed by atoms with van der Waals surface area (Å²) in [5.74, 6) is 5.75. The second kappa shape index (κ2) is 7.14. The molecule has 19 heavy (non-hydrogen) atoms. The number of hydrazine groups is 1. The van der Waals surface area contributed by atoms with Crippen molar-refractivity contribution in [3.05, 3.63) is 35.4 Å². The molecule has 4 nitrogen and oxygen atoms in total. The van der Waals surface area contributed by atoms with Crippen LogP contribution in [0.1, 0.15) is 49.1 Å². The van der Waals surface area contributed by atoms with E-state index in [2.05, 4.69) is 35.0 Å². The van der Waals surface area contributed by atoms with Crippen LogP contribution in [0.5, 0.6) is 0 Å². The normalized spacial score (nSPS) is 16.1. The first-order valence-corrected chi connectivity index (χ1v) is 7.13. The van der Waals surface area contributed by atoms with Crippen molar-refractivity contribution >= 4 is 6.03 Å². The minimum absolute atomic E-state index is 0.334. The number of carbonyl (C=O) groups is 1. The number of hydrogen-bond donors (Lipinski definition) is 3. The van der Waals surface area contributed by atoms with E-state index in [4.69, 9.17) is 5.84 Å². The quantitative estimate of drug-likeness (QED) is 0.443. The number of urea groups is 1. The van der Waals surface area contributed by atoms with E-state index in [0.717, 1.165) is 12.3 Å². The SMILES string of the molecule is NNC(=O)NCCc1ccc(C2CCCCC2)cc1. The maximum Gasteiger partial charge on any atom is 0.328 e. The van der Waals surface area contributed by atoms with E-state index in [1.807, 2.05) is 0 Å². The fourth-order valence-electron chi connectivity index (χ4n) is 2.76. The topological polar surface area (TPSA) is 67.1 Å². The van der Waals surface area contributed by atoms with Crippen LogP contribution in [0.4, 0.5) is 4.79 Å². The zero-order valence-corrected chi connectivity index (χ0v) is 11.3. The van der Waals surface area contributed by atoms with E-state index in [9.17, 15) is 4.79 Å². The molecule has 0 heterocycles. The first-order valence-electron chi connectivity index (χ1n) is 7.13. The molecule has 1 aromatic rings. The van der Waals surface area contributed by atoms with Crippen molar-refractivity contribution in [1.82, 2.24) is 10.7 Å². The highest BCUT2D eigenvalue weighted by Crippen LogP contribution is 2.32. The molecule has 104 valence electrons. The Bertz CT molecular complexity index is 396. The van der Waals surface area contributed by atoms with Gasteiger partial charge in [-0.2, -0.15) is 0 Å². The molecule has 2 amide bonds. The lowest BCUT2D eigenvalue weighted by molar-refractivity contribution is 0.241. The maximum absolute atomic E-state index is 10.9. The highest BCUT2D eigenvalue weighted by Gasteiger charge is 2.14. The van der Waals surface area contributed by atoms with Gasteiger partial charge in [-0.25, -0.2) is 10.6 Å². The van der Waals surface area contributed by atoms with Gasteiger partial charge in [-0.1, -0.05) is 43.5 Å². The van der Waals surface area contributed by atoms with Crippen LogP contribution in [0.3, 0.4) is 0 Å². The average molecular weight is 261 g/mol. The van der Waals surface area contributed by atoms with Crippen LogP contribution in [0.2, 0.25) is 0 Å². The molecule has 0 aromatic heterocycles. The van der Waals surface area contributed by atoms with Crippen molar-refractivity contribution in [2.75, 3.05) is 6.54 Å². The van der Waals surface area contributed by atoms with Gasteiger partial charge < -0.3 is 5.32 Å². The molecule has 0 bridgehead atoms. The number of nitrogens with one attached hydrogen (secondary N) is 2. The Hall–Kier alpha value is -1.55. The van der Waals surface area contributed by atoms with Gasteiger partial charge in [0, 0.05) is 6.54 Å². The molecule has 1 saturated carbocycles. The third-order valence-electron chi connectivity index (χ3n) is 3.89. The Morgan fingerprint density at radius 2 is 1.84 bits per heavy atom. The summed E-state index contributed by atoms with van der Waals surface area (Å²) in [5, 5.41) is 2.68. The predicted molar refractivity (Wildman–Crippen MR) is 76.7 cm³/mol. The molecule has 1 fully saturated rings. The van der Waals surface area contributed by atoms with Crippen molar-refractivity contribution in [2.24, 2.45) is 5.84 Å². The zero-order chi connectivity index (χ0) is 13.5. The molecule has 0 saturated heterocycles. The fraction of sp³-hybridized carbons (Fsp3) is 0.533. The van der Waals surface area contributed by atoms with Crippen LogP contribution in [-0.4, -0.2) is 12.6 Å². The largest absolute Gasteiger partial charge is 0.337 e. The van der Waals surface area contributed by atoms with Crippen LogP contribution >= 0.6 is 0 Å². The molecular weight excluding hydrogens is 238 g/mol. The second-order valence-electron chi connectivity index (χ2n) is 5.23. The molecule has 0 unspecified atom stereocenters. The molecule has 1 aromatic carbocycles. The minimum Gasteiger partial charge on any atom is -0.337 e. The van der Waals surface area contributed by atoms with Gasteiger partial charge in [-0.05, 0) is 36.3 Å². The lowest BCUT2D eigenvalue weighted by atomic mass is 9.84. The number of benzene rings is 1. The molecule has 4 heteroatoms. The summed E-state index contributed by atoms with van der Waals surface area (Å²) in [6.07, 6.45) is 7.62. The van der Waals surface area contributed by atoms with Crippen molar-refractivity contribution in [3.63, 3.8) is 0 Å². The molecule has 4 N–H and O–H groups in total. The first kappa shape index (κ1) is 13.9. The zero-order valence-electron chi connectivity index (χ0n) is 11.3. The van der Waals surface area contributed by atoms with Gasteiger partial charge in [-0.15, -0.1) is 0 Å². The van der Waals surface area contributed by atoms with Crippen LogP contribution in [0.15, 0.2) is 24.3 Å². The molecule has 0 aliphatic heterocycles. The Labute approximate surface area is 114 Å². The number of hydrogen-bond acceptors (Lipinski definition) is 2. The maximum atomic E-state index is 10.9. The summed E-state index contributed by atoms with van der Waals surface area (Å²) < 4.78 is 0. The molecule has 0 atom stereocenters.